The second kappa shape index (κ2) is 6.50. The number of hydrogen-bond donors (Lipinski definition) is 2. The number of nitro benzene ring substituents is 1. The number of benzene rings is 1. The summed E-state index contributed by atoms with van der Waals surface area (Å²) in [5.74, 6) is 0.489. The molecule has 1 aromatic carbocycles. The summed E-state index contributed by atoms with van der Waals surface area (Å²) in [4.78, 5) is 14.7. The van der Waals surface area contributed by atoms with E-state index in [2.05, 4.69) is 20.8 Å². The Morgan fingerprint density at radius 2 is 2.10 bits per heavy atom. The largest absolute Gasteiger partial charge is 0.380 e. The molecule has 2 rings (SSSR count). The lowest BCUT2D eigenvalue weighted by Gasteiger charge is -2.10. The predicted molar refractivity (Wildman–Crippen MR) is 73.8 cm³/mol. The van der Waals surface area contributed by atoms with Crippen LogP contribution in [0.2, 0.25) is 0 Å². The third-order valence-electron chi connectivity index (χ3n) is 2.65. The van der Waals surface area contributed by atoms with Crippen molar-refractivity contribution in [2.45, 2.75) is 13.3 Å². The fourth-order valence-electron chi connectivity index (χ4n) is 1.83. The fraction of sp³-hybridized carbons (Fsp3) is 0.333. The number of para-hydroxylation sites is 1. The molecule has 0 amide bonds. The van der Waals surface area contributed by atoms with Gasteiger partial charge in [0, 0.05) is 19.5 Å². The molecule has 0 unspecified atom stereocenters. The quantitative estimate of drug-likeness (QED) is 0.589. The van der Waals surface area contributed by atoms with Crippen LogP contribution in [0.3, 0.4) is 0 Å². The molecule has 2 N–H and O–H groups in total. The van der Waals surface area contributed by atoms with Crippen molar-refractivity contribution in [3.05, 3.63) is 40.5 Å². The highest BCUT2D eigenvalue weighted by Gasteiger charge is 2.18. The summed E-state index contributed by atoms with van der Waals surface area (Å²) in [6.45, 7) is 2.98. The first kappa shape index (κ1) is 13.8. The van der Waals surface area contributed by atoms with E-state index >= 15 is 0 Å². The fourth-order valence-corrected chi connectivity index (χ4v) is 1.83. The van der Waals surface area contributed by atoms with Gasteiger partial charge < -0.3 is 15.2 Å². The number of nitrogens with one attached hydrogen (secondary N) is 2. The lowest BCUT2D eigenvalue weighted by atomic mass is 10.2. The van der Waals surface area contributed by atoms with Crippen LogP contribution in [-0.2, 0) is 6.42 Å². The molecule has 8 heteroatoms. The van der Waals surface area contributed by atoms with Gasteiger partial charge in [-0.05, 0) is 19.1 Å². The van der Waals surface area contributed by atoms with Gasteiger partial charge in [-0.1, -0.05) is 11.2 Å². The SMILES string of the molecule is CCNc1cccc(NCCc2ncno2)c1[N+](=O)[O-]. The van der Waals surface area contributed by atoms with Gasteiger partial charge in [0.25, 0.3) is 0 Å². The molecule has 1 aromatic heterocycles. The summed E-state index contributed by atoms with van der Waals surface area (Å²) in [7, 11) is 0. The van der Waals surface area contributed by atoms with Gasteiger partial charge in [0.1, 0.15) is 11.4 Å². The lowest BCUT2D eigenvalue weighted by molar-refractivity contribution is -0.383. The van der Waals surface area contributed by atoms with E-state index in [1.807, 2.05) is 6.92 Å². The van der Waals surface area contributed by atoms with Gasteiger partial charge in [0.2, 0.25) is 5.89 Å². The summed E-state index contributed by atoms with van der Waals surface area (Å²) in [5.41, 5.74) is 1.01. The Bertz CT molecular complexity index is 570. The molecule has 0 spiro atoms. The van der Waals surface area contributed by atoms with Crippen LogP contribution >= 0.6 is 0 Å². The Kier molecular flexibility index (Phi) is 4.48. The Morgan fingerprint density at radius 1 is 1.35 bits per heavy atom. The zero-order chi connectivity index (χ0) is 14.4. The maximum absolute atomic E-state index is 11.2. The summed E-state index contributed by atoms with van der Waals surface area (Å²) in [5, 5.41) is 20.7. The van der Waals surface area contributed by atoms with Gasteiger partial charge in [-0.15, -0.1) is 0 Å². The monoisotopic (exact) mass is 277 g/mol. The third-order valence-corrected chi connectivity index (χ3v) is 2.65. The van der Waals surface area contributed by atoms with Crippen molar-refractivity contribution in [3.63, 3.8) is 0 Å². The van der Waals surface area contributed by atoms with Crippen LogP contribution in [0.15, 0.2) is 29.0 Å². The molecule has 2 aromatic rings. The van der Waals surface area contributed by atoms with E-state index in [0.717, 1.165) is 0 Å². The number of anilines is 2. The van der Waals surface area contributed by atoms with Crippen LogP contribution in [0, 0.1) is 10.1 Å². The minimum Gasteiger partial charge on any atom is -0.380 e. The minimum absolute atomic E-state index is 0.0416. The highest BCUT2D eigenvalue weighted by Crippen LogP contribution is 2.32. The third kappa shape index (κ3) is 3.22. The number of nitrogens with zero attached hydrogens (tertiary/aromatic N) is 3. The first-order valence-corrected chi connectivity index (χ1v) is 6.23. The molecule has 0 saturated carbocycles. The van der Waals surface area contributed by atoms with Crippen molar-refractivity contribution in [3.8, 4) is 0 Å². The summed E-state index contributed by atoms with van der Waals surface area (Å²) < 4.78 is 4.86. The second-order valence-corrected chi connectivity index (χ2v) is 4.00. The molecule has 1 heterocycles. The van der Waals surface area contributed by atoms with Crippen LogP contribution in [-0.4, -0.2) is 28.2 Å². The molecule has 0 saturated heterocycles. The molecule has 0 fully saturated rings. The van der Waals surface area contributed by atoms with Crippen molar-refractivity contribution in [2.75, 3.05) is 23.7 Å². The van der Waals surface area contributed by atoms with Crippen LogP contribution in [0.25, 0.3) is 0 Å². The van der Waals surface area contributed by atoms with E-state index in [1.54, 1.807) is 18.2 Å². The van der Waals surface area contributed by atoms with E-state index in [1.165, 1.54) is 6.33 Å². The normalized spacial score (nSPS) is 10.2. The second-order valence-electron chi connectivity index (χ2n) is 4.00. The maximum Gasteiger partial charge on any atom is 0.315 e. The highest BCUT2D eigenvalue weighted by molar-refractivity contribution is 5.76. The molecular weight excluding hydrogens is 262 g/mol. The Hall–Kier alpha value is -2.64. The van der Waals surface area contributed by atoms with Gasteiger partial charge in [0.15, 0.2) is 6.33 Å². The lowest BCUT2D eigenvalue weighted by Crippen LogP contribution is -2.09. The molecule has 0 bridgehead atoms. The summed E-state index contributed by atoms with van der Waals surface area (Å²) in [6, 6.07) is 5.12. The van der Waals surface area contributed by atoms with Crippen molar-refractivity contribution in [1.29, 1.82) is 0 Å². The number of rotatable bonds is 7. The Labute approximate surface area is 115 Å². The standard InChI is InChI=1S/C12H15N5O3/c1-2-13-9-4-3-5-10(12(9)17(18)19)14-7-6-11-15-8-16-20-11/h3-5,8,13-14H,2,6-7H2,1H3. The van der Waals surface area contributed by atoms with Crippen LogP contribution < -0.4 is 10.6 Å². The van der Waals surface area contributed by atoms with Crippen LogP contribution in [0.1, 0.15) is 12.8 Å². The molecule has 0 radical (unpaired) electrons. The van der Waals surface area contributed by atoms with Crippen molar-refractivity contribution >= 4 is 17.1 Å². The number of nitro groups is 1. The average molecular weight is 277 g/mol. The van der Waals surface area contributed by atoms with Gasteiger partial charge in [-0.3, -0.25) is 10.1 Å². The van der Waals surface area contributed by atoms with Gasteiger partial charge in [-0.25, -0.2) is 0 Å². The number of hydrogen-bond acceptors (Lipinski definition) is 7. The van der Waals surface area contributed by atoms with E-state index in [0.29, 0.717) is 36.8 Å². The van der Waals surface area contributed by atoms with Gasteiger partial charge in [0.05, 0.1) is 4.92 Å². The Balaban J connectivity index is 2.09. The molecule has 0 aliphatic heterocycles. The zero-order valence-corrected chi connectivity index (χ0v) is 11.0. The highest BCUT2D eigenvalue weighted by atomic mass is 16.6. The molecule has 0 atom stereocenters. The van der Waals surface area contributed by atoms with E-state index in [-0.39, 0.29) is 5.69 Å². The first-order chi connectivity index (χ1) is 9.72. The molecular formula is C12H15N5O3. The smallest absolute Gasteiger partial charge is 0.315 e. The Morgan fingerprint density at radius 3 is 2.70 bits per heavy atom. The average Bonchev–Trinajstić information content (AvgIpc) is 2.92. The van der Waals surface area contributed by atoms with Gasteiger partial charge >= 0.3 is 5.69 Å². The first-order valence-electron chi connectivity index (χ1n) is 6.23. The van der Waals surface area contributed by atoms with Crippen molar-refractivity contribution in [2.24, 2.45) is 0 Å². The summed E-state index contributed by atoms with van der Waals surface area (Å²) >= 11 is 0. The molecule has 106 valence electrons. The van der Waals surface area contributed by atoms with E-state index < -0.39 is 4.92 Å². The van der Waals surface area contributed by atoms with Crippen LogP contribution in [0.4, 0.5) is 17.1 Å². The molecule has 20 heavy (non-hydrogen) atoms. The van der Waals surface area contributed by atoms with Crippen molar-refractivity contribution < 1.29 is 9.45 Å². The van der Waals surface area contributed by atoms with Gasteiger partial charge in [-0.2, -0.15) is 4.98 Å². The topological polar surface area (TPSA) is 106 Å². The predicted octanol–water partition coefficient (Wildman–Crippen LogP) is 2.06. The molecule has 0 aliphatic rings. The molecule has 0 aliphatic carbocycles. The number of aromatic nitrogens is 2. The van der Waals surface area contributed by atoms with Crippen LogP contribution in [0.5, 0.6) is 0 Å². The summed E-state index contributed by atoms with van der Waals surface area (Å²) in [6.07, 6.45) is 1.83. The molecule has 8 nitrogen and oxygen atoms in total. The van der Waals surface area contributed by atoms with E-state index in [9.17, 15) is 10.1 Å². The maximum atomic E-state index is 11.2. The minimum atomic E-state index is -0.396. The van der Waals surface area contributed by atoms with E-state index in [4.69, 9.17) is 4.52 Å². The van der Waals surface area contributed by atoms with Crippen molar-refractivity contribution in [1.82, 2.24) is 10.1 Å². The zero-order valence-electron chi connectivity index (χ0n) is 11.0.